The van der Waals surface area contributed by atoms with Crippen molar-refractivity contribution >= 4 is 17.0 Å². The summed E-state index contributed by atoms with van der Waals surface area (Å²) in [5.41, 5.74) is -0.440. The summed E-state index contributed by atoms with van der Waals surface area (Å²) in [6.07, 6.45) is 1.19. The van der Waals surface area contributed by atoms with Crippen LogP contribution in [-0.4, -0.2) is 21.0 Å². The van der Waals surface area contributed by atoms with Crippen molar-refractivity contribution < 1.29 is 13.7 Å². The van der Waals surface area contributed by atoms with Crippen LogP contribution in [0.1, 0.15) is 33.6 Å². The Kier molecular flexibility index (Phi) is 3.32. The maximum atomic E-state index is 11.4. The summed E-state index contributed by atoms with van der Waals surface area (Å²) < 4.78 is 16.0. The van der Waals surface area contributed by atoms with Crippen molar-refractivity contribution in [1.29, 1.82) is 0 Å². The van der Waals surface area contributed by atoms with Crippen LogP contribution in [0.5, 0.6) is 0 Å². The lowest BCUT2D eigenvalue weighted by atomic mass is 9.85. The molecule has 1 unspecified atom stereocenters. The molecule has 5 heteroatoms. The first-order valence-corrected chi connectivity index (χ1v) is 5.95. The topological polar surface area (TPSA) is 69.4 Å². The minimum absolute atomic E-state index is 0.0208. The molecular weight excluding hydrogens is 202 g/mol. The quantitative estimate of drug-likeness (QED) is 0.696. The van der Waals surface area contributed by atoms with E-state index in [1.54, 1.807) is 0 Å². The third-order valence-electron chi connectivity index (χ3n) is 2.16. The van der Waals surface area contributed by atoms with Gasteiger partial charge < -0.3 is 4.74 Å². The molecule has 0 bridgehead atoms. The Bertz CT molecular complexity index is 253. The van der Waals surface area contributed by atoms with Gasteiger partial charge in [0.15, 0.2) is 0 Å². The highest BCUT2D eigenvalue weighted by Gasteiger charge is 2.39. The molecule has 0 amide bonds. The summed E-state index contributed by atoms with van der Waals surface area (Å²) in [6, 6.07) is 0. The van der Waals surface area contributed by atoms with Crippen molar-refractivity contribution in [1.82, 2.24) is 0 Å². The Morgan fingerprint density at radius 3 is 2.29 bits per heavy atom. The van der Waals surface area contributed by atoms with Gasteiger partial charge in [0.05, 0.1) is 22.2 Å². The molecule has 0 aliphatic heterocycles. The van der Waals surface area contributed by atoms with E-state index in [9.17, 15) is 9.00 Å². The number of rotatable bonds is 2. The number of esters is 1. The van der Waals surface area contributed by atoms with Gasteiger partial charge in [0.1, 0.15) is 5.60 Å². The molecule has 0 spiro atoms. The van der Waals surface area contributed by atoms with Crippen molar-refractivity contribution in [2.45, 2.75) is 44.5 Å². The first-order valence-electron chi connectivity index (χ1n) is 4.67. The Morgan fingerprint density at radius 2 is 1.93 bits per heavy atom. The molecule has 1 atom stereocenters. The first-order chi connectivity index (χ1) is 6.29. The lowest BCUT2D eigenvalue weighted by molar-refractivity contribution is -0.162. The van der Waals surface area contributed by atoms with Gasteiger partial charge in [-0.2, -0.15) is 0 Å². The second-order valence-electron chi connectivity index (χ2n) is 4.65. The van der Waals surface area contributed by atoms with E-state index in [-0.39, 0.29) is 17.1 Å². The van der Waals surface area contributed by atoms with Gasteiger partial charge in [0.2, 0.25) is 0 Å². The van der Waals surface area contributed by atoms with Crippen LogP contribution in [0.4, 0.5) is 0 Å². The fraction of sp³-hybridized carbons (Fsp3) is 0.889. The number of ether oxygens (including phenoxy) is 1. The van der Waals surface area contributed by atoms with Gasteiger partial charge >= 0.3 is 5.97 Å². The molecule has 0 radical (unpaired) electrons. The lowest BCUT2D eigenvalue weighted by Crippen LogP contribution is -2.42. The fourth-order valence-corrected chi connectivity index (χ4v) is 2.18. The van der Waals surface area contributed by atoms with E-state index in [0.29, 0.717) is 12.8 Å². The summed E-state index contributed by atoms with van der Waals surface area (Å²) in [5, 5.41) is 5.19. The zero-order valence-electron chi connectivity index (χ0n) is 8.78. The number of nitrogens with two attached hydrogens (primary N) is 1. The lowest BCUT2D eigenvalue weighted by Gasteiger charge is -2.33. The summed E-state index contributed by atoms with van der Waals surface area (Å²) in [5.74, 6) is -0.300. The monoisotopic (exact) mass is 219 g/mol. The van der Waals surface area contributed by atoms with Crippen LogP contribution in [0.25, 0.3) is 0 Å². The summed E-state index contributed by atoms with van der Waals surface area (Å²) in [6.45, 7) is 5.51. The highest BCUT2D eigenvalue weighted by atomic mass is 32.2. The van der Waals surface area contributed by atoms with Gasteiger partial charge in [-0.05, 0) is 33.6 Å². The van der Waals surface area contributed by atoms with Crippen molar-refractivity contribution in [3.05, 3.63) is 0 Å². The van der Waals surface area contributed by atoms with Crippen molar-refractivity contribution in [3.63, 3.8) is 0 Å². The molecule has 1 saturated carbocycles. The molecule has 0 aromatic carbocycles. The van der Waals surface area contributed by atoms with Gasteiger partial charge in [-0.15, -0.1) is 0 Å². The van der Waals surface area contributed by atoms with Gasteiger partial charge in [-0.25, -0.2) is 4.21 Å². The SMILES string of the molecule is CC(C)(C)OC(=O)C1CC(S(N)=O)C1. The van der Waals surface area contributed by atoms with Crippen molar-refractivity contribution in [2.75, 3.05) is 0 Å². The van der Waals surface area contributed by atoms with E-state index in [1.165, 1.54) is 0 Å². The zero-order valence-corrected chi connectivity index (χ0v) is 9.60. The summed E-state index contributed by atoms with van der Waals surface area (Å²) >= 11 is 0. The summed E-state index contributed by atoms with van der Waals surface area (Å²) in [7, 11) is -1.29. The van der Waals surface area contributed by atoms with Gasteiger partial charge in [-0.3, -0.25) is 9.93 Å². The number of hydrogen-bond acceptors (Lipinski definition) is 3. The third kappa shape index (κ3) is 3.06. The van der Waals surface area contributed by atoms with E-state index in [2.05, 4.69) is 0 Å². The Morgan fingerprint density at radius 1 is 1.43 bits per heavy atom. The van der Waals surface area contributed by atoms with Crippen LogP contribution in [0.2, 0.25) is 0 Å². The molecule has 0 heterocycles. The predicted octanol–water partition coefficient (Wildman–Crippen LogP) is 0.729. The van der Waals surface area contributed by atoms with Crippen LogP contribution in [0, 0.1) is 5.92 Å². The number of hydrogen-bond donors (Lipinski definition) is 1. The highest BCUT2D eigenvalue weighted by Crippen LogP contribution is 2.32. The molecule has 1 aliphatic carbocycles. The second-order valence-corrected chi connectivity index (χ2v) is 5.98. The molecule has 1 fully saturated rings. The maximum absolute atomic E-state index is 11.4. The Hall–Kier alpha value is -0.420. The molecule has 0 aromatic heterocycles. The normalized spacial score (nSPS) is 29.1. The van der Waals surface area contributed by atoms with Crippen LogP contribution >= 0.6 is 0 Å². The van der Waals surface area contributed by atoms with Gasteiger partial charge in [0.25, 0.3) is 0 Å². The first kappa shape index (κ1) is 11.7. The van der Waals surface area contributed by atoms with Crippen LogP contribution in [0.15, 0.2) is 0 Å². The van der Waals surface area contributed by atoms with E-state index in [4.69, 9.17) is 9.88 Å². The molecule has 4 nitrogen and oxygen atoms in total. The molecule has 1 rings (SSSR count). The van der Waals surface area contributed by atoms with E-state index in [1.807, 2.05) is 20.8 Å². The molecular formula is C9H17NO3S. The largest absolute Gasteiger partial charge is 0.460 e. The minimum atomic E-state index is -1.29. The Balaban J connectivity index is 2.34. The maximum Gasteiger partial charge on any atom is 0.309 e. The van der Waals surface area contributed by atoms with E-state index in [0.717, 1.165) is 0 Å². The van der Waals surface area contributed by atoms with Crippen LogP contribution in [-0.2, 0) is 20.5 Å². The molecule has 2 N–H and O–H groups in total. The molecule has 14 heavy (non-hydrogen) atoms. The smallest absolute Gasteiger partial charge is 0.309 e. The molecule has 0 aromatic rings. The van der Waals surface area contributed by atoms with Gasteiger partial charge in [0, 0.05) is 0 Å². The number of carbonyl (C=O) groups is 1. The van der Waals surface area contributed by atoms with Crippen LogP contribution < -0.4 is 5.14 Å². The average molecular weight is 219 g/mol. The van der Waals surface area contributed by atoms with E-state index >= 15 is 0 Å². The highest BCUT2D eigenvalue weighted by molar-refractivity contribution is 7.83. The third-order valence-corrected chi connectivity index (χ3v) is 3.21. The minimum Gasteiger partial charge on any atom is -0.460 e. The van der Waals surface area contributed by atoms with Crippen molar-refractivity contribution in [3.8, 4) is 0 Å². The molecule has 1 aliphatic rings. The summed E-state index contributed by atoms with van der Waals surface area (Å²) in [4.78, 5) is 11.4. The van der Waals surface area contributed by atoms with Gasteiger partial charge in [-0.1, -0.05) is 0 Å². The second kappa shape index (κ2) is 3.98. The van der Waals surface area contributed by atoms with E-state index < -0.39 is 16.6 Å². The van der Waals surface area contributed by atoms with Crippen molar-refractivity contribution in [2.24, 2.45) is 11.1 Å². The zero-order chi connectivity index (χ0) is 10.9. The molecule has 0 saturated heterocycles. The average Bonchev–Trinajstić information content (AvgIpc) is 1.75. The Labute approximate surface area is 86.8 Å². The fourth-order valence-electron chi connectivity index (χ4n) is 1.33. The standard InChI is InChI=1S/C9H17NO3S/c1-9(2,3)13-8(11)6-4-7(5-6)14(10)12/h6-7H,4-5,10H2,1-3H3. The predicted molar refractivity (Wildman–Crippen MR) is 54.7 cm³/mol. The molecule has 82 valence electrons. The number of carbonyl (C=O) groups excluding carboxylic acids is 1. The van der Waals surface area contributed by atoms with Crippen LogP contribution in [0.3, 0.4) is 0 Å².